The van der Waals surface area contributed by atoms with Crippen LogP contribution in [-0.2, 0) is 9.53 Å². The van der Waals surface area contributed by atoms with Crippen molar-refractivity contribution in [2.75, 3.05) is 13.2 Å². The van der Waals surface area contributed by atoms with Crippen molar-refractivity contribution in [3.05, 3.63) is 36.5 Å². The predicted molar refractivity (Wildman–Crippen MR) is 51.1 cm³/mol. The summed E-state index contributed by atoms with van der Waals surface area (Å²) >= 11 is 0. The molecule has 0 amide bonds. The van der Waals surface area contributed by atoms with E-state index in [1.807, 2.05) is 0 Å². The van der Waals surface area contributed by atoms with Crippen LogP contribution in [0.1, 0.15) is 6.92 Å². The molecule has 3 heteroatoms. The van der Waals surface area contributed by atoms with Crippen molar-refractivity contribution in [2.45, 2.75) is 6.92 Å². The fraction of sp³-hybridized carbons (Fsp3) is 0.300. The van der Waals surface area contributed by atoms with E-state index in [9.17, 15) is 4.79 Å². The Kier molecular flexibility index (Phi) is 6.55. The van der Waals surface area contributed by atoms with Crippen LogP contribution >= 0.6 is 0 Å². The van der Waals surface area contributed by atoms with E-state index in [2.05, 4.69) is 6.58 Å². The molecule has 0 unspecified atom stereocenters. The lowest BCUT2D eigenvalue weighted by Crippen LogP contribution is -2.09. The van der Waals surface area contributed by atoms with Gasteiger partial charge in [0, 0.05) is 0 Å². The minimum absolute atomic E-state index is 0.0259. The number of allylic oxidation sites excluding steroid dienone is 3. The average molecular weight is 182 g/mol. The van der Waals surface area contributed by atoms with E-state index in [-0.39, 0.29) is 13.2 Å². The zero-order chi connectivity index (χ0) is 10.1. The molecule has 13 heavy (non-hydrogen) atoms. The molecule has 0 fully saturated rings. The Morgan fingerprint density at radius 2 is 2.31 bits per heavy atom. The molecule has 0 saturated heterocycles. The number of carbonyl (C=O) groups is 1. The summed E-state index contributed by atoms with van der Waals surface area (Å²) in [5.41, 5.74) is 0.452. The van der Waals surface area contributed by atoms with Crippen molar-refractivity contribution in [3.8, 4) is 0 Å². The second-order valence-electron chi connectivity index (χ2n) is 2.20. The molecular weight excluding hydrogens is 168 g/mol. The molecule has 0 spiro atoms. The molecule has 0 bridgehead atoms. The van der Waals surface area contributed by atoms with Gasteiger partial charge < -0.3 is 9.84 Å². The first kappa shape index (κ1) is 11.6. The Morgan fingerprint density at radius 1 is 1.62 bits per heavy atom. The minimum atomic E-state index is -0.436. The standard InChI is InChI=1S/C10H14O3/c1-3-5-6-9(4-2)10(12)13-8-7-11/h3-6,11H,1,7-8H2,2H3/b6-5-,9-4+. The van der Waals surface area contributed by atoms with Crippen LogP contribution in [-0.4, -0.2) is 24.3 Å². The predicted octanol–water partition coefficient (Wildman–Crippen LogP) is 1.21. The number of esters is 1. The summed E-state index contributed by atoms with van der Waals surface area (Å²) in [6.07, 6.45) is 6.46. The van der Waals surface area contributed by atoms with Gasteiger partial charge in [-0.05, 0) is 13.0 Å². The van der Waals surface area contributed by atoms with Crippen molar-refractivity contribution in [3.63, 3.8) is 0 Å². The Bertz CT molecular complexity index is 226. The molecule has 0 saturated carbocycles. The largest absolute Gasteiger partial charge is 0.460 e. The molecule has 0 atom stereocenters. The van der Waals surface area contributed by atoms with Gasteiger partial charge in [0.1, 0.15) is 6.61 Å². The zero-order valence-corrected chi connectivity index (χ0v) is 7.69. The Balaban J connectivity index is 4.17. The molecule has 72 valence electrons. The van der Waals surface area contributed by atoms with Gasteiger partial charge in [0.15, 0.2) is 0 Å². The summed E-state index contributed by atoms with van der Waals surface area (Å²) in [6.45, 7) is 5.09. The maximum Gasteiger partial charge on any atom is 0.337 e. The number of aliphatic hydroxyl groups is 1. The third-order valence-corrected chi connectivity index (χ3v) is 1.28. The number of aliphatic hydroxyl groups excluding tert-OH is 1. The number of carbonyl (C=O) groups excluding carboxylic acids is 1. The topological polar surface area (TPSA) is 46.5 Å². The van der Waals surface area contributed by atoms with Gasteiger partial charge in [-0.1, -0.05) is 24.8 Å². The minimum Gasteiger partial charge on any atom is -0.460 e. The molecular formula is C10H14O3. The normalized spacial score (nSPS) is 11.7. The van der Waals surface area contributed by atoms with Crippen LogP contribution in [0.25, 0.3) is 0 Å². The highest BCUT2D eigenvalue weighted by molar-refractivity contribution is 5.91. The summed E-state index contributed by atoms with van der Waals surface area (Å²) in [5, 5.41) is 8.41. The van der Waals surface area contributed by atoms with E-state index in [4.69, 9.17) is 9.84 Å². The van der Waals surface area contributed by atoms with Gasteiger partial charge in [-0.3, -0.25) is 0 Å². The van der Waals surface area contributed by atoms with Crippen molar-refractivity contribution in [1.29, 1.82) is 0 Å². The summed E-state index contributed by atoms with van der Waals surface area (Å²) in [5.74, 6) is -0.436. The molecule has 0 aromatic rings. The first-order valence-electron chi connectivity index (χ1n) is 3.99. The van der Waals surface area contributed by atoms with E-state index in [1.165, 1.54) is 0 Å². The number of rotatable bonds is 5. The monoisotopic (exact) mass is 182 g/mol. The highest BCUT2D eigenvalue weighted by Gasteiger charge is 2.04. The fourth-order valence-corrected chi connectivity index (χ4v) is 0.676. The van der Waals surface area contributed by atoms with Gasteiger partial charge in [-0.15, -0.1) is 0 Å². The highest BCUT2D eigenvalue weighted by Crippen LogP contribution is 2.00. The third kappa shape index (κ3) is 4.98. The van der Waals surface area contributed by atoms with Gasteiger partial charge >= 0.3 is 5.97 Å². The third-order valence-electron chi connectivity index (χ3n) is 1.28. The SMILES string of the molecule is C=C/C=C\C(=C/C)C(=O)OCCO. The van der Waals surface area contributed by atoms with E-state index in [1.54, 1.807) is 31.2 Å². The average Bonchev–Trinajstić information content (AvgIpc) is 2.16. The fourth-order valence-electron chi connectivity index (χ4n) is 0.676. The lowest BCUT2D eigenvalue weighted by Gasteiger charge is -2.01. The highest BCUT2D eigenvalue weighted by atomic mass is 16.5. The summed E-state index contributed by atoms with van der Waals surface area (Å²) < 4.78 is 4.70. The number of hydrogen-bond acceptors (Lipinski definition) is 3. The quantitative estimate of drug-likeness (QED) is 0.395. The maximum atomic E-state index is 11.2. The molecule has 0 aliphatic carbocycles. The summed E-state index contributed by atoms with van der Waals surface area (Å²) in [4.78, 5) is 11.2. The second kappa shape index (κ2) is 7.31. The lowest BCUT2D eigenvalue weighted by atomic mass is 10.2. The van der Waals surface area contributed by atoms with Crippen LogP contribution in [0, 0.1) is 0 Å². The molecule has 0 aliphatic rings. The van der Waals surface area contributed by atoms with Gasteiger partial charge in [0.2, 0.25) is 0 Å². The molecule has 3 nitrogen and oxygen atoms in total. The first-order chi connectivity index (χ1) is 6.26. The van der Waals surface area contributed by atoms with Crippen LogP contribution in [0.2, 0.25) is 0 Å². The van der Waals surface area contributed by atoms with Crippen LogP contribution in [0.5, 0.6) is 0 Å². The molecule has 0 radical (unpaired) electrons. The zero-order valence-electron chi connectivity index (χ0n) is 7.69. The van der Waals surface area contributed by atoms with Crippen molar-refractivity contribution < 1.29 is 14.6 Å². The van der Waals surface area contributed by atoms with Crippen LogP contribution in [0.3, 0.4) is 0 Å². The van der Waals surface area contributed by atoms with Gasteiger partial charge in [-0.25, -0.2) is 4.79 Å². The molecule has 1 N–H and O–H groups in total. The molecule has 0 aromatic heterocycles. The van der Waals surface area contributed by atoms with Crippen LogP contribution < -0.4 is 0 Å². The Morgan fingerprint density at radius 3 is 2.77 bits per heavy atom. The number of ether oxygens (including phenoxy) is 1. The van der Waals surface area contributed by atoms with Gasteiger partial charge in [0.05, 0.1) is 12.2 Å². The first-order valence-corrected chi connectivity index (χ1v) is 3.99. The van der Waals surface area contributed by atoms with Gasteiger partial charge in [0.25, 0.3) is 0 Å². The summed E-state index contributed by atoms with van der Waals surface area (Å²) in [6, 6.07) is 0. The Hall–Kier alpha value is -1.35. The van der Waals surface area contributed by atoms with Crippen molar-refractivity contribution >= 4 is 5.97 Å². The van der Waals surface area contributed by atoms with Crippen LogP contribution in [0.4, 0.5) is 0 Å². The molecule has 0 aliphatic heterocycles. The van der Waals surface area contributed by atoms with E-state index in [0.29, 0.717) is 5.57 Å². The van der Waals surface area contributed by atoms with Crippen molar-refractivity contribution in [1.82, 2.24) is 0 Å². The maximum absolute atomic E-state index is 11.2. The van der Waals surface area contributed by atoms with Crippen molar-refractivity contribution in [2.24, 2.45) is 0 Å². The molecule has 0 aromatic carbocycles. The van der Waals surface area contributed by atoms with Gasteiger partial charge in [-0.2, -0.15) is 0 Å². The second-order valence-corrected chi connectivity index (χ2v) is 2.20. The lowest BCUT2D eigenvalue weighted by molar-refractivity contribution is -0.139. The smallest absolute Gasteiger partial charge is 0.337 e. The summed E-state index contributed by atoms with van der Waals surface area (Å²) in [7, 11) is 0. The van der Waals surface area contributed by atoms with E-state index < -0.39 is 5.97 Å². The van der Waals surface area contributed by atoms with Crippen LogP contribution in [0.15, 0.2) is 36.5 Å². The van der Waals surface area contributed by atoms with E-state index in [0.717, 1.165) is 0 Å². The van der Waals surface area contributed by atoms with E-state index >= 15 is 0 Å². The molecule has 0 rings (SSSR count). The Labute approximate surface area is 78.0 Å². The molecule has 0 heterocycles. The number of hydrogen-bond donors (Lipinski definition) is 1.